The highest BCUT2D eigenvalue weighted by Crippen LogP contribution is 2.23. The summed E-state index contributed by atoms with van der Waals surface area (Å²) in [4.78, 5) is 19.6. The van der Waals surface area contributed by atoms with E-state index in [2.05, 4.69) is 16.8 Å². The van der Waals surface area contributed by atoms with Gasteiger partial charge in [0, 0.05) is 58.1 Å². The molecule has 1 aromatic heterocycles. The summed E-state index contributed by atoms with van der Waals surface area (Å²) in [5.74, 6) is -0.134. The number of β-amino-alcohol motifs (C(OH)–C–C–N with tert-alkyl or cyclic N) is 1. The lowest BCUT2D eigenvalue weighted by Gasteiger charge is -2.34. The Labute approximate surface area is 195 Å². The number of aromatic nitrogens is 2. The average molecular weight is 448 g/mol. The number of hydrogen-bond donors (Lipinski definition) is 1. The number of carbonyl (C=O) groups is 1. The Bertz CT molecular complexity index is 1030. The fraction of sp³-hybridized carbons (Fsp3) is 0.385. The topological polar surface area (TPSA) is 64.8 Å². The van der Waals surface area contributed by atoms with Crippen LogP contribution >= 0.6 is 0 Å². The minimum Gasteiger partial charge on any atom is -0.390 e. The molecular weight excluding hydrogens is 414 g/mol. The number of piperazine rings is 1. The molecule has 1 aliphatic heterocycles. The minimum atomic E-state index is -0.595. The summed E-state index contributed by atoms with van der Waals surface area (Å²) in [7, 11) is 3.86. The first kappa shape index (κ1) is 23.2. The van der Waals surface area contributed by atoms with Crippen LogP contribution in [0.3, 0.4) is 0 Å². The molecule has 0 aliphatic carbocycles. The summed E-state index contributed by atoms with van der Waals surface area (Å²) in [5, 5.41) is 15.4. The number of amides is 1. The van der Waals surface area contributed by atoms with Crippen molar-refractivity contribution in [2.75, 3.05) is 53.4 Å². The summed E-state index contributed by atoms with van der Waals surface area (Å²) in [6, 6.07) is 19.9. The van der Waals surface area contributed by atoms with Gasteiger partial charge >= 0.3 is 0 Å². The largest absolute Gasteiger partial charge is 0.390 e. The Kier molecular flexibility index (Phi) is 7.54. The monoisotopic (exact) mass is 447 g/mol. The summed E-state index contributed by atoms with van der Waals surface area (Å²) >= 11 is 0. The van der Waals surface area contributed by atoms with E-state index in [1.54, 1.807) is 11.9 Å². The van der Waals surface area contributed by atoms with E-state index in [0.717, 1.165) is 37.3 Å². The van der Waals surface area contributed by atoms with Crippen LogP contribution in [-0.2, 0) is 6.54 Å². The van der Waals surface area contributed by atoms with E-state index in [0.29, 0.717) is 24.3 Å². The first-order chi connectivity index (χ1) is 16.0. The van der Waals surface area contributed by atoms with Gasteiger partial charge in [-0.1, -0.05) is 60.7 Å². The van der Waals surface area contributed by atoms with Gasteiger partial charge in [-0.05, 0) is 12.6 Å². The van der Waals surface area contributed by atoms with Crippen LogP contribution in [0.2, 0.25) is 0 Å². The van der Waals surface area contributed by atoms with Gasteiger partial charge < -0.3 is 14.9 Å². The maximum absolute atomic E-state index is 13.4. The molecule has 1 fully saturated rings. The molecule has 2 heterocycles. The van der Waals surface area contributed by atoms with E-state index in [-0.39, 0.29) is 12.5 Å². The molecule has 0 radical (unpaired) electrons. The van der Waals surface area contributed by atoms with Crippen LogP contribution in [0.4, 0.5) is 0 Å². The van der Waals surface area contributed by atoms with Crippen molar-refractivity contribution in [1.29, 1.82) is 0 Å². The minimum absolute atomic E-state index is 0.134. The van der Waals surface area contributed by atoms with Crippen molar-refractivity contribution < 1.29 is 9.90 Å². The standard InChI is InChI=1S/C26H33N5O2/c1-28-13-15-30(16-14-28)19-23(32)18-29(2)26(33)24-20-31(17-21-9-5-3-6-10-21)27-25(24)22-11-7-4-8-12-22/h3-12,20,23,32H,13-19H2,1-2H3. The molecule has 1 aliphatic rings. The molecule has 3 aromatic rings. The zero-order chi connectivity index (χ0) is 23.2. The Balaban J connectivity index is 1.49. The molecular formula is C26H33N5O2. The van der Waals surface area contributed by atoms with Crippen molar-refractivity contribution in [2.45, 2.75) is 12.6 Å². The number of rotatable bonds is 8. The highest BCUT2D eigenvalue weighted by molar-refractivity contribution is 5.99. The SMILES string of the molecule is CN1CCN(CC(O)CN(C)C(=O)c2cn(Cc3ccccc3)nc2-c2ccccc2)CC1. The van der Waals surface area contributed by atoms with Gasteiger partial charge in [-0.25, -0.2) is 0 Å². The van der Waals surface area contributed by atoms with Crippen molar-refractivity contribution >= 4 is 5.91 Å². The van der Waals surface area contributed by atoms with E-state index in [9.17, 15) is 9.90 Å². The molecule has 7 heteroatoms. The summed E-state index contributed by atoms with van der Waals surface area (Å²) in [6.45, 7) is 5.33. The van der Waals surface area contributed by atoms with E-state index < -0.39 is 6.10 Å². The molecule has 33 heavy (non-hydrogen) atoms. The smallest absolute Gasteiger partial charge is 0.257 e. The predicted molar refractivity (Wildman–Crippen MR) is 130 cm³/mol. The second-order valence-corrected chi connectivity index (χ2v) is 8.88. The van der Waals surface area contributed by atoms with Crippen molar-refractivity contribution in [1.82, 2.24) is 24.5 Å². The van der Waals surface area contributed by atoms with Crippen LogP contribution in [0.5, 0.6) is 0 Å². The van der Waals surface area contributed by atoms with E-state index >= 15 is 0 Å². The molecule has 1 amide bonds. The van der Waals surface area contributed by atoms with Gasteiger partial charge in [0.05, 0.1) is 18.2 Å². The second-order valence-electron chi connectivity index (χ2n) is 8.88. The summed E-state index contributed by atoms with van der Waals surface area (Å²) in [5.41, 5.74) is 3.23. The molecule has 1 saturated heterocycles. The van der Waals surface area contributed by atoms with Crippen LogP contribution in [0.15, 0.2) is 66.9 Å². The Morgan fingerprint density at radius 2 is 1.67 bits per heavy atom. The van der Waals surface area contributed by atoms with E-state index in [4.69, 9.17) is 5.10 Å². The van der Waals surface area contributed by atoms with Crippen molar-refractivity contribution in [3.63, 3.8) is 0 Å². The Morgan fingerprint density at radius 1 is 1.03 bits per heavy atom. The third-order valence-corrected chi connectivity index (χ3v) is 6.12. The number of carbonyl (C=O) groups excluding carboxylic acids is 1. The van der Waals surface area contributed by atoms with Gasteiger partial charge in [0.25, 0.3) is 5.91 Å². The lowest BCUT2D eigenvalue weighted by atomic mass is 10.1. The van der Waals surface area contributed by atoms with Gasteiger partial charge in [0.15, 0.2) is 0 Å². The molecule has 4 rings (SSSR count). The highest BCUT2D eigenvalue weighted by Gasteiger charge is 2.24. The number of aliphatic hydroxyl groups is 1. The fourth-order valence-electron chi connectivity index (χ4n) is 4.23. The van der Waals surface area contributed by atoms with Crippen molar-refractivity contribution in [2.24, 2.45) is 0 Å². The zero-order valence-corrected chi connectivity index (χ0v) is 19.5. The highest BCUT2D eigenvalue weighted by atomic mass is 16.3. The molecule has 7 nitrogen and oxygen atoms in total. The molecule has 0 bridgehead atoms. The molecule has 0 spiro atoms. The Morgan fingerprint density at radius 3 is 2.33 bits per heavy atom. The molecule has 0 saturated carbocycles. The van der Waals surface area contributed by atoms with Crippen LogP contribution in [0.1, 0.15) is 15.9 Å². The molecule has 1 atom stereocenters. The average Bonchev–Trinajstić information content (AvgIpc) is 3.25. The maximum atomic E-state index is 13.4. The van der Waals surface area contributed by atoms with Crippen LogP contribution in [0, 0.1) is 0 Å². The second kappa shape index (κ2) is 10.7. The maximum Gasteiger partial charge on any atom is 0.257 e. The fourth-order valence-corrected chi connectivity index (χ4v) is 4.23. The number of nitrogens with zero attached hydrogens (tertiary/aromatic N) is 5. The first-order valence-corrected chi connectivity index (χ1v) is 11.5. The normalized spacial score (nSPS) is 16.0. The van der Waals surface area contributed by atoms with Gasteiger partial charge in [0.1, 0.15) is 5.69 Å². The summed E-state index contributed by atoms with van der Waals surface area (Å²) < 4.78 is 1.82. The zero-order valence-electron chi connectivity index (χ0n) is 19.5. The number of benzene rings is 2. The van der Waals surface area contributed by atoms with Crippen molar-refractivity contribution in [3.05, 3.63) is 78.0 Å². The summed E-state index contributed by atoms with van der Waals surface area (Å²) in [6.07, 6.45) is 1.22. The van der Waals surface area contributed by atoms with Gasteiger partial charge in [-0.2, -0.15) is 5.10 Å². The van der Waals surface area contributed by atoms with Crippen LogP contribution in [0.25, 0.3) is 11.3 Å². The first-order valence-electron chi connectivity index (χ1n) is 11.5. The Hall–Kier alpha value is -3.00. The predicted octanol–water partition coefficient (Wildman–Crippen LogP) is 2.28. The number of aliphatic hydroxyl groups excluding tert-OH is 1. The van der Waals surface area contributed by atoms with Gasteiger partial charge in [-0.3, -0.25) is 14.4 Å². The van der Waals surface area contributed by atoms with Crippen molar-refractivity contribution in [3.8, 4) is 11.3 Å². The number of hydrogen-bond acceptors (Lipinski definition) is 5. The third-order valence-electron chi connectivity index (χ3n) is 6.12. The molecule has 1 unspecified atom stereocenters. The molecule has 2 aromatic carbocycles. The molecule has 174 valence electrons. The quantitative estimate of drug-likeness (QED) is 0.574. The number of likely N-dealkylation sites (N-methyl/N-ethyl adjacent to an activating group) is 2. The molecule has 1 N–H and O–H groups in total. The van der Waals surface area contributed by atoms with Crippen LogP contribution < -0.4 is 0 Å². The van der Waals surface area contributed by atoms with E-state index in [1.807, 2.05) is 71.5 Å². The van der Waals surface area contributed by atoms with Gasteiger partial charge in [0.2, 0.25) is 0 Å². The van der Waals surface area contributed by atoms with E-state index in [1.165, 1.54) is 0 Å². The van der Waals surface area contributed by atoms with Gasteiger partial charge in [-0.15, -0.1) is 0 Å². The lowest BCUT2D eigenvalue weighted by molar-refractivity contribution is 0.0502. The lowest BCUT2D eigenvalue weighted by Crippen LogP contribution is -2.49. The van der Waals surface area contributed by atoms with Crippen LogP contribution in [-0.4, -0.2) is 95.0 Å². The third kappa shape index (κ3) is 6.07.